The third-order valence-electron chi connectivity index (χ3n) is 2.98. The van der Waals surface area contributed by atoms with Crippen LogP contribution in [0.5, 0.6) is 5.75 Å². The molecule has 0 saturated heterocycles. The highest BCUT2D eigenvalue weighted by atomic mass is 32.1. The van der Waals surface area contributed by atoms with E-state index in [4.69, 9.17) is 0 Å². The maximum absolute atomic E-state index is 12.4. The first-order valence-electron chi connectivity index (χ1n) is 7.25. The Hall–Kier alpha value is -2.15. The number of aliphatic imine (C=N–C) groups is 1. The maximum Gasteiger partial charge on any atom is 0.387 e. The number of benzene rings is 1. The summed E-state index contributed by atoms with van der Waals surface area (Å²) in [6.07, 6.45) is 0. The fraction of sp³-hybridized carbons (Fsp3) is 0.312. The Bertz CT molecular complexity index is 618. The Kier molecular flexibility index (Phi) is 6.80. The normalized spacial score (nSPS) is 11.6. The van der Waals surface area contributed by atoms with E-state index in [9.17, 15) is 8.78 Å². The lowest BCUT2D eigenvalue weighted by Crippen LogP contribution is -2.36. The van der Waals surface area contributed by atoms with Gasteiger partial charge in [0.1, 0.15) is 5.75 Å². The largest absolute Gasteiger partial charge is 0.434 e. The van der Waals surface area contributed by atoms with Gasteiger partial charge in [0.05, 0.1) is 6.54 Å². The van der Waals surface area contributed by atoms with Gasteiger partial charge in [-0.15, -0.1) is 0 Å². The van der Waals surface area contributed by atoms with E-state index >= 15 is 0 Å². The number of hydrogen-bond donors (Lipinski definition) is 2. The Morgan fingerprint density at radius 3 is 2.78 bits per heavy atom. The first-order valence-corrected chi connectivity index (χ1v) is 8.19. The molecule has 7 heteroatoms. The first kappa shape index (κ1) is 17.2. The SMILES string of the molecule is CCNC(=NCc1ccsc1)NCc1ccccc1OC(F)F. The molecular weight excluding hydrogens is 320 g/mol. The molecule has 2 N–H and O–H groups in total. The number of nitrogens with one attached hydrogen (secondary N) is 2. The molecule has 0 aliphatic heterocycles. The van der Waals surface area contributed by atoms with E-state index in [1.165, 1.54) is 6.07 Å². The number of para-hydroxylation sites is 1. The van der Waals surface area contributed by atoms with Gasteiger partial charge >= 0.3 is 6.61 Å². The number of thiophene rings is 1. The zero-order valence-electron chi connectivity index (χ0n) is 12.8. The molecule has 2 rings (SSSR count). The molecule has 0 bridgehead atoms. The van der Waals surface area contributed by atoms with Crippen molar-refractivity contribution in [1.82, 2.24) is 10.6 Å². The third-order valence-corrected chi connectivity index (χ3v) is 3.71. The molecular formula is C16H19F2N3OS. The fourth-order valence-corrected chi connectivity index (χ4v) is 2.59. The van der Waals surface area contributed by atoms with Crippen molar-refractivity contribution in [3.63, 3.8) is 0 Å². The number of rotatable bonds is 7. The molecule has 23 heavy (non-hydrogen) atoms. The second-order valence-corrected chi connectivity index (χ2v) is 5.45. The van der Waals surface area contributed by atoms with Crippen molar-refractivity contribution >= 4 is 17.3 Å². The highest BCUT2D eigenvalue weighted by Crippen LogP contribution is 2.19. The smallest absolute Gasteiger partial charge is 0.387 e. The molecule has 0 aliphatic rings. The summed E-state index contributed by atoms with van der Waals surface area (Å²) in [5, 5.41) is 10.3. The number of halogens is 2. The van der Waals surface area contributed by atoms with E-state index in [-0.39, 0.29) is 5.75 Å². The number of ether oxygens (including phenoxy) is 1. The second-order valence-electron chi connectivity index (χ2n) is 4.67. The van der Waals surface area contributed by atoms with Crippen molar-refractivity contribution in [1.29, 1.82) is 0 Å². The van der Waals surface area contributed by atoms with Crippen molar-refractivity contribution in [3.8, 4) is 5.75 Å². The molecule has 0 unspecified atom stereocenters. The molecule has 124 valence electrons. The molecule has 0 radical (unpaired) electrons. The van der Waals surface area contributed by atoms with Crippen LogP contribution in [0.1, 0.15) is 18.1 Å². The van der Waals surface area contributed by atoms with Gasteiger partial charge in [-0.2, -0.15) is 20.1 Å². The molecule has 0 amide bonds. The van der Waals surface area contributed by atoms with Gasteiger partial charge in [0.15, 0.2) is 5.96 Å². The third kappa shape index (κ3) is 5.86. The highest BCUT2D eigenvalue weighted by Gasteiger charge is 2.09. The van der Waals surface area contributed by atoms with Gasteiger partial charge in [-0.1, -0.05) is 18.2 Å². The summed E-state index contributed by atoms with van der Waals surface area (Å²) >= 11 is 1.62. The van der Waals surface area contributed by atoms with Crippen molar-refractivity contribution < 1.29 is 13.5 Å². The summed E-state index contributed by atoms with van der Waals surface area (Å²) in [6.45, 7) is 0.754. The fourth-order valence-electron chi connectivity index (χ4n) is 1.93. The zero-order chi connectivity index (χ0) is 16.5. The molecule has 0 atom stereocenters. The van der Waals surface area contributed by atoms with Crippen LogP contribution in [0.15, 0.2) is 46.1 Å². The minimum atomic E-state index is -2.84. The Morgan fingerprint density at radius 1 is 1.26 bits per heavy atom. The van der Waals surface area contributed by atoms with E-state index < -0.39 is 6.61 Å². The van der Waals surface area contributed by atoms with E-state index in [0.29, 0.717) is 31.2 Å². The predicted octanol–water partition coefficient (Wildman–Crippen LogP) is 3.60. The van der Waals surface area contributed by atoms with Crippen LogP contribution in [0.25, 0.3) is 0 Å². The van der Waals surface area contributed by atoms with Gasteiger partial charge in [0.2, 0.25) is 0 Å². The van der Waals surface area contributed by atoms with Crippen molar-refractivity contribution in [3.05, 3.63) is 52.2 Å². The van der Waals surface area contributed by atoms with Gasteiger partial charge < -0.3 is 15.4 Å². The standard InChI is InChI=1S/C16H19F2N3OS/c1-2-19-16(20-9-12-7-8-23-11-12)21-10-13-5-3-4-6-14(13)22-15(17)18/h3-8,11,15H,2,9-10H2,1H3,(H2,19,20,21). The molecule has 0 saturated carbocycles. The number of nitrogens with zero attached hydrogens (tertiary/aromatic N) is 1. The van der Waals surface area contributed by atoms with Gasteiger partial charge in [-0.3, -0.25) is 0 Å². The monoisotopic (exact) mass is 339 g/mol. The van der Waals surface area contributed by atoms with Crippen molar-refractivity contribution in [2.45, 2.75) is 26.6 Å². The molecule has 1 aromatic heterocycles. The van der Waals surface area contributed by atoms with Crippen LogP contribution in [-0.4, -0.2) is 19.1 Å². The molecule has 0 spiro atoms. The first-order chi connectivity index (χ1) is 11.2. The zero-order valence-corrected chi connectivity index (χ0v) is 13.6. The quantitative estimate of drug-likeness (QED) is 0.598. The van der Waals surface area contributed by atoms with E-state index in [2.05, 4.69) is 20.4 Å². The van der Waals surface area contributed by atoms with Gasteiger partial charge in [0.25, 0.3) is 0 Å². The summed E-state index contributed by atoms with van der Waals surface area (Å²) in [6, 6.07) is 8.73. The summed E-state index contributed by atoms with van der Waals surface area (Å²) in [7, 11) is 0. The molecule has 0 fully saturated rings. The minimum Gasteiger partial charge on any atom is -0.434 e. The van der Waals surface area contributed by atoms with Crippen LogP contribution >= 0.6 is 11.3 Å². The summed E-state index contributed by atoms with van der Waals surface area (Å²) in [5.74, 6) is 0.800. The highest BCUT2D eigenvalue weighted by molar-refractivity contribution is 7.07. The van der Waals surface area contributed by atoms with Crippen LogP contribution < -0.4 is 15.4 Å². The Morgan fingerprint density at radius 2 is 2.09 bits per heavy atom. The van der Waals surface area contributed by atoms with Gasteiger partial charge in [-0.25, -0.2) is 4.99 Å². The average molecular weight is 339 g/mol. The van der Waals surface area contributed by atoms with Gasteiger partial charge in [0, 0.05) is 18.7 Å². The number of alkyl halides is 2. The van der Waals surface area contributed by atoms with Gasteiger partial charge in [-0.05, 0) is 35.4 Å². The summed E-state index contributed by atoms with van der Waals surface area (Å²) < 4.78 is 29.4. The lowest BCUT2D eigenvalue weighted by molar-refractivity contribution is -0.0504. The number of hydrogen-bond acceptors (Lipinski definition) is 3. The van der Waals surface area contributed by atoms with E-state index in [1.807, 2.05) is 23.8 Å². The number of guanidine groups is 1. The molecule has 0 aliphatic carbocycles. The van der Waals surface area contributed by atoms with Crippen molar-refractivity contribution in [2.75, 3.05) is 6.54 Å². The average Bonchev–Trinajstić information content (AvgIpc) is 3.04. The van der Waals surface area contributed by atoms with Crippen LogP contribution in [0, 0.1) is 0 Å². The molecule has 1 aromatic carbocycles. The van der Waals surface area contributed by atoms with E-state index in [1.54, 1.807) is 29.5 Å². The summed E-state index contributed by atoms with van der Waals surface area (Å²) in [5.41, 5.74) is 1.78. The molecule has 4 nitrogen and oxygen atoms in total. The predicted molar refractivity (Wildman–Crippen MR) is 89.0 cm³/mol. The second kappa shape index (κ2) is 9.09. The molecule has 1 heterocycles. The van der Waals surface area contributed by atoms with Crippen LogP contribution in [0.4, 0.5) is 8.78 Å². The lowest BCUT2D eigenvalue weighted by Gasteiger charge is -2.14. The van der Waals surface area contributed by atoms with Crippen LogP contribution in [-0.2, 0) is 13.1 Å². The maximum atomic E-state index is 12.4. The van der Waals surface area contributed by atoms with E-state index in [0.717, 1.165) is 5.56 Å². The van der Waals surface area contributed by atoms with Crippen LogP contribution in [0.3, 0.4) is 0 Å². The Labute approximate surface area is 138 Å². The van der Waals surface area contributed by atoms with Crippen LogP contribution in [0.2, 0.25) is 0 Å². The minimum absolute atomic E-state index is 0.170. The van der Waals surface area contributed by atoms with Crippen molar-refractivity contribution in [2.24, 2.45) is 4.99 Å². The Balaban J connectivity index is 1.99. The topological polar surface area (TPSA) is 45.7 Å². The summed E-state index contributed by atoms with van der Waals surface area (Å²) in [4.78, 5) is 4.47. The molecule has 2 aromatic rings. The lowest BCUT2D eigenvalue weighted by atomic mass is 10.2.